The third-order valence-corrected chi connectivity index (χ3v) is 8.54. The molecule has 2 aromatic carbocycles. The largest absolute Gasteiger partial charge is 0.480 e. The number of carboxylic acid groups (broad SMARTS) is 1. The highest BCUT2D eigenvalue weighted by molar-refractivity contribution is 7.89. The van der Waals surface area contributed by atoms with Gasteiger partial charge >= 0.3 is 5.97 Å². The standard InChI is InChI=1S/C26H34N6O6S/c27-26(28)32(15-17-9-11-29-12-10-17)23(33)14-22(25(36)31(16-24(34)35)20-6-7-20)30-39(37,38)21-8-5-18-3-1-2-4-19(18)13-21/h1-5,8,13,17,20,22,29-30H,6-7,9-12,14-16H2,(H3,27,28)(H,34,35). The third kappa shape index (κ3) is 7.31. The van der Waals surface area contributed by atoms with E-state index in [0.717, 1.165) is 41.1 Å². The predicted molar refractivity (Wildman–Crippen MR) is 144 cm³/mol. The summed E-state index contributed by atoms with van der Waals surface area (Å²) in [5.41, 5.74) is 5.72. The van der Waals surface area contributed by atoms with Gasteiger partial charge in [0.1, 0.15) is 12.6 Å². The van der Waals surface area contributed by atoms with Crippen molar-refractivity contribution in [1.29, 1.82) is 5.41 Å². The molecule has 39 heavy (non-hydrogen) atoms. The highest BCUT2D eigenvalue weighted by Gasteiger charge is 2.40. The van der Waals surface area contributed by atoms with E-state index in [0.29, 0.717) is 18.2 Å². The van der Waals surface area contributed by atoms with E-state index in [9.17, 15) is 27.9 Å². The Balaban J connectivity index is 1.61. The van der Waals surface area contributed by atoms with E-state index in [1.54, 1.807) is 18.2 Å². The first-order chi connectivity index (χ1) is 18.5. The first kappa shape index (κ1) is 28.5. The number of piperidine rings is 1. The van der Waals surface area contributed by atoms with Crippen molar-refractivity contribution in [1.82, 2.24) is 19.8 Å². The second kappa shape index (κ2) is 12.1. The number of nitrogens with zero attached hydrogens (tertiary/aromatic N) is 2. The van der Waals surface area contributed by atoms with Crippen LogP contribution < -0.4 is 15.8 Å². The maximum Gasteiger partial charge on any atom is 0.323 e. The number of rotatable bonds is 11. The summed E-state index contributed by atoms with van der Waals surface area (Å²) in [6.45, 7) is 1.10. The van der Waals surface area contributed by atoms with Crippen molar-refractivity contribution >= 4 is 44.5 Å². The molecular formula is C26H34N6O6S. The summed E-state index contributed by atoms with van der Waals surface area (Å²) in [5, 5.41) is 22.1. The summed E-state index contributed by atoms with van der Waals surface area (Å²) >= 11 is 0. The molecule has 1 heterocycles. The number of nitrogens with one attached hydrogen (secondary N) is 3. The molecule has 0 aromatic heterocycles. The van der Waals surface area contributed by atoms with Gasteiger partial charge in [0, 0.05) is 12.6 Å². The number of aliphatic carboxylic acids is 1. The van der Waals surface area contributed by atoms with E-state index in [-0.39, 0.29) is 23.4 Å². The van der Waals surface area contributed by atoms with Gasteiger partial charge in [-0.1, -0.05) is 30.3 Å². The molecule has 6 N–H and O–H groups in total. The second-order valence-electron chi connectivity index (χ2n) is 10.1. The minimum Gasteiger partial charge on any atom is -0.480 e. The number of sulfonamides is 1. The fourth-order valence-electron chi connectivity index (χ4n) is 4.83. The molecule has 1 aliphatic heterocycles. The van der Waals surface area contributed by atoms with E-state index in [1.807, 2.05) is 12.1 Å². The minimum atomic E-state index is -4.29. The molecule has 12 nitrogen and oxygen atoms in total. The SMILES string of the molecule is N=C(N)N(CC1CCNCC1)C(=O)CC(NS(=O)(=O)c1ccc2ccccc2c1)C(=O)N(CC(=O)O)C1CC1. The highest BCUT2D eigenvalue weighted by atomic mass is 32.2. The molecule has 13 heteroatoms. The molecule has 2 amide bonds. The lowest BCUT2D eigenvalue weighted by Gasteiger charge is -2.31. The number of hydrogen-bond acceptors (Lipinski definition) is 7. The molecule has 1 atom stereocenters. The molecule has 210 valence electrons. The topological polar surface area (TPSA) is 186 Å². The lowest BCUT2D eigenvalue weighted by Crippen LogP contribution is -2.54. The van der Waals surface area contributed by atoms with Gasteiger partial charge in [-0.25, -0.2) is 8.42 Å². The van der Waals surface area contributed by atoms with Crippen LogP contribution in [0.25, 0.3) is 10.8 Å². The molecular weight excluding hydrogens is 524 g/mol. The molecule has 4 rings (SSSR count). The lowest BCUT2D eigenvalue weighted by atomic mass is 9.97. The first-order valence-electron chi connectivity index (χ1n) is 12.9. The Labute approximate surface area is 227 Å². The van der Waals surface area contributed by atoms with Gasteiger partial charge in [0.15, 0.2) is 5.96 Å². The molecule has 0 spiro atoms. The summed E-state index contributed by atoms with van der Waals surface area (Å²) in [5.74, 6) is -3.13. The van der Waals surface area contributed by atoms with Crippen LogP contribution in [0.2, 0.25) is 0 Å². The maximum absolute atomic E-state index is 13.6. The highest BCUT2D eigenvalue weighted by Crippen LogP contribution is 2.28. The minimum absolute atomic E-state index is 0.0949. The van der Waals surface area contributed by atoms with Crippen LogP contribution >= 0.6 is 0 Å². The summed E-state index contributed by atoms with van der Waals surface area (Å²) in [6, 6.07) is 9.79. The average molecular weight is 559 g/mol. The lowest BCUT2D eigenvalue weighted by molar-refractivity contribution is -0.146. The van der Waals surface area contributed by atoms with Crippen LogP contribution in [0.4, 0.5) is 0 Å². The number of guanidine groups is 1. The van der Waals surface area contributed by atoms with Crippen LogP contribution in [-0.4, -0.2) is 85.3 Å². The fourth-order valence-corrected chi connectivity index (χ4v) is 6.05. The zero-order valence-corrected chi connectivity index (χ0v) is 22.3. The van der Waals surface area contributed by atoms with Crippen molar-refractivity contribution in [3.05, 3.63) is 42.5 Å². The van der Waals surface area contributed by atoms with Gasteiger partial charge < -0.3 is 21.1 Å². The van der Waals surface area contributed by atoms with Crippen LogP contribution in [0.1, 0.15) is 32.1 Å². The van der Waals surface area contributed by atoms with Gasteiger partial charge in [-0.2, -0.15) is 4.72 Å². The van der Waals surface area contributed by atoms with E-state index in [2.05, 4.69) is 10.0 Å². The molecule has 1 unspecified atom stereocenters. The molecule has 2 fully saturated rings. The molecule has 2 aromatic rings. The Hall–Kier alpha value is -3.55. The van der Waals surface area contributed by atoms with Crippen molar-refractivity contribution in [3.63, 3.8) is 0 Å². The number of nitrogens with two attached hydrogens (primary N) is 1. The number of carbonyl (C=O) groups is 3. The Bertz CT molecular complexity index is 1360. The molecule has 1 saturated heterocycles. The first-order valence-corrected chi connectivity index (χ1v) is 14.4. The van der Waals surface area contributed by atoms with Crippen LogP contribution in [-0.2, 0) is 24.4 Å². The van der Waals surface area contributed by atoms with Gasteiger partial charge in [-0.15, -0.1) is 0 Å². The number of benzene rings is 2. The third-order valence-electron chi connectivity index (χ3n) is 7.07. The van der Waals surface area contributed by atoms with Crippen molar-refractivity contribution in [2.45, 2.75) is 49.1 Å². The Morgan fingerprint density at radius 2 is 1.74 bits per heavy atom. The van der Waals surface area contributed by atoms with Crippen molar-refractivity contribution < 1.29 is 27.9 Å². The van der Waals surface area contributed by atoms with Crippen molar-refractivity contribution in [2.24, 2.45) is 11.7 Å². The molecule has 2 aliphatic rings. The van der Waals surface area contributed by atoms with Gasteiger partial charge in [-0.3, -0.25) is 24.7 Å². The van der Waals surface area contributed by atoms with Crippen LogP contribution in [0.5, 0.6) is 0 Å². The zero-order valence-electron chi connectivity index (χ0n) is 21.5. The van der Waals surface area contributed by atoms with Crippen molar-refractivity contribution in [3.8, 4) is 0 Å². The predicted octanol–water partition coefficient (Wildman–Crippen LogP) is 0.674. The van der Waals surface area contributed by atoms with Gasteiger partial charge in [0.05, 0.1) is 11.3 Å². The quantitative estimate of drug-likeness (QED) is 0.197. The Morgan fingerprint density at radius 1 is 1.08 bits per heavy atom. The number of fused-ring (bicyclic) bond motifs is 1. The van der Waals surface area contributed by atoms with E-state index < -0.39 is 52.8 Å². The van der Waals surface area contributed by atoms with Gasteiger partial charge in [-0.05, 0) is 67.6 Å². The Kier molecular flexibility index (Phi) is 8.83. The summed E-state index contributed by atoms with van der Waals surface area (Å²) < 4.78 is 29.2. The summed E-state index contributed by atoms with van der Waals surface area (Å²) in [4.78, 5) is 40.5. The second-order valence-corrected chi connectivity index (χ2v) is 11.8. The van der Waals surface area contributed by atoms with Crippen molar-refractivity contribution in [2.75, 3.05) is 26.2 Å². The number of carbonyl (C=O) groups excluding carboxylic acids is 2. The monoisotopic (exact) mass is 558 g/mol. The maximum atomic E-state index is 13.6. The smallest absolute Gasteiger partial charge is 0.323 e. The Morgan fingerprint density at radius 3 is 2.36 bits per heavy atom. The normalized spacial score (nSPS) is 16.9. The van der Waals surface area contributed by atoms with E-state index in [4.69, 9.17) is 11.1 Å². The van der Waals surface area contributed by atoms with E-state index in [1.165, 1.54) is 12.1 Å². The van der Waals surface area contributed by atoms with E-state index >= 15 is 0 Å². The molecule has 0 radical (unpaired) electrons. The number of carboxylic acids is 1. The molecule has 0 bridgehead atoms. The van der Waals surface area contributed by atoms with Gasteiger partial charge in [0.2, 0.25) is 21.8 Å². The van der Waals surface area contributed by atoms with Crippen LogP contribution in [0, 0.1) is 11.3 Å². The molecule has 1 saturated carbocycles. The average Bonchev–Trinajstić information content (AvgIpc) is 3.75. The summed E-state index contributed by atoms with van der Waals surface area (Å²) in [7, 11) is -4.29. The zero-order chi connectivity index (χ0) is 28.2. The number of hydrogen-bond donors (Lipinski definition) is 5. The fraction of sp³-hybridized carbons (Fsp3) is 0.462. The molecule has 1 aliphatic carbocycles. The van der Waals surface area contributed by atoms with Gasteiger partial charge in [0.25, 0.3) is 0 Å². The summed E-state index contributed by atoms with van der Waals surface area (Å²) in [6.07, 6.45) is 2.13. The van der Waals surface area contributed by atoms with Crippen LogP contribution in [0.15, 0.2) is 47.4 Å². The number of amides is 2. The van der Waals surface area contributed by atoms with Crippen LogP contribution in [0.3, 0.4) is 0 Å².